The first-order valence-electron chi connectivity index (χ1n) is 4.77. The second-order valence-electron chi connectivity index (χ2n) is 4.19. The lowest BCUT2D eigenvalue weighted by molar-refractivity contribution is 0.635. The van der Waals surface area contributed by atoms with Gasteiger partial charge < -0.3 is 4.98 Å². The number of H-pyrrole nitrogens is 1. The zero-order valence-corrected chi connectivity index (χ0v) is 8.52. The molecular weight excluding hydrogens is 146 g/mol. The molecule has 0 aliphatic carbocycles. The van der Waals surface area contributed by atoms with Gasteiger partial charge in [-0.05, 0) is 30.4 Å². The molecule has 0 aromatic carbocycles. The van der Waals surface area contributed by atoms with Gasteiger partial charge in [-0.3, -0.25) is 0 Å². The van der Waals surface area contributed by atoms with Gasteiger partial charge in [0.15, 0.2) is 0 Å². The summed E-state index contributed by atoms with van der Waals surface area (Å²) in [6, 6.07) is 4.40. The summed E-state index contributed by atoms with van der Waals surface area (Å²) < 4.78 is 0. The molecule has 12 heavy (non-hydrogen) atoms. The summed E-state index contributed by atoms with van der Waals surface area (Å²) in [6.45, 7) is 8.92. The van der Waals surface area contributed by atoms with Crippen molar-refractivity contribution in [1.82, 2.24) is 4.98 Å². The molecule has 1 heterocycles. The fourth-order valence-electron chi connectivity index (χ4n) is 1.35. The Balaban J connectivity index is 2.64. The molecule has 0 saturated carbocycles. The maximum absolute atomic E-state index is 3.44. The molecule has 1 heteroatoms. The molecule has 1 aromatic rings. The van der Waals surface area contributed by atoms with Crippen molar-refractivity contribution in [3.8, 4) is 0 Å². The predicted molar refractivity (Wildman–Crippen MR) is 53.4 cm³/mol. The third-order valence-electron chi connectivity index (χ3n) is 2.02. The van der Waals surface area contributed by atoms with Crippen LogP contribution in [0.15, 0.2) is 12.1 Å². The third kappa shape index (κ3) is 2.40. The highest BCUT2D eigenvalue weighted by atomic mass is 14.7. The summed E-state index contributed by atoms with van der Waals surface area (Å²) in [7, 11) is 0. The maximum atomic E-state index is 3.44. The minimum absolute atomic E-state index is 0.617. The van der Waals surface area contributed by atoms with Gasteiger partial charge in [-0.15, -0.1) is 0 Å². The van der Waals surface area contributed by atoms with Crippen LogP contribution in [0.5, 0.6) is 0 Å². The quantitative estimate of drug-likeness (QED) is 0.707. The van der Waals surface area contributed by atoms with Gasteiger partial charge in [-0.25, -0.2) is 0 Å². The average Bonchev–Trinajstić information content (AvgIpc) is 2.34. The second-order valence-corrected chi connectivity index (χ2v) is 4.19. The Bertz CT molecular complexity index is 233. The molecule has 0 fully saturated rings. The van der Waals surface area contributed by atoms with E-state index in [-0.39, 0.29) is 0 Å². The van der Waals surface area contributed by atoms with Crippen LogP contribution in [0.25, 0.3) is 0 Å². The van der Waals surface area contributed by atoms with Crippen molar-refractivity contribution >= 4 is 0 Å². The van der Waals surface area contributed by atoms with Crippen molar-refractivity contribution in [3.63, 3.8) is 0 Å². The molecule has 0 spiro atoms. The van der Waals surface area contributed by atoms with Crippen LogP contribution < -0.4 is 0 Å². The van der Waals surface area contributed by atoms with Gasteiger partial charge in [0.2, 0.25) is 0 Å². The summed E-state index contributed by atoms with van der Waals surface area (Å²) in [6.07, 6.45) is 1.16. The molecule has 1 nitrogen and oxygen atoms in total. The largest absolute Gasteiger partial charge is 0.362 e. The molecule has 0 atom stereocenters. The van der Waals surface area contributed by atoms with Gasteiger partial charge in [0.05, 0.1) is 0 Å². The number of hydrogen-bond donors (Lipinski definition) is 1. The molecule has 0 radical (unpaired) electrons. The number of nitrogens with one attached hydrogen (secondary N) is 1. The van der Waals surface area contributed by atoms with E-state index < -0.39 is 0 Å². The zero-order valence-electron chi connectivity index (χ0n) is 8.52. The van der Waals surface area contributed by atoms with Crippen molar-refractivity contribution in [2.24, 2.45) is 5.92 Å². The van der Waals surface area contributed by atoms with Gasteiger partial charge in [-0.2, -0.15) is 0 Å². The van der Waals surface area contributed by atoms with Crippen LogP contribution >= 0.6 is 0 Å². The molecule has 1 N–H and O–H groups in total. The molecule has 0 bridgehead atoms. The standard InChI is InChI=1S/C11H19N/c1-8(2)7-10-5-6-11(12-10)9(3)4/h5-6,8-9,12H,7H2,1-4H3. The fraction of sp³-hybridized carbons (Fsp3) is 0.636. The first-order valence-corrected chi connectivity index (χ1v) is 4.77. The Kier molecular flexibility index (Phi) is 2.96. The van der Waals surface area contributed by atoms with Crippen LogP contribution in [-0.2, 0) is 6.42 Å². The molecule has 0 saturated heterocycles. The van der Waals surface area contributed by atoms with Crippen LogP contribution in [0.4, 0.5) is 0 Å². The number of rotatable bonds is 3. The average molecular weight is 165 g/mol. The maximum Gasteiger partial charge on any atom is 0.0175 e. The molecule has 68 valence electrons. The van der Waals surface area contributed by atoms with E-state index >= 15 is 0 Å². The third-order valence-corrected chi connectivity index (χ3v) is 2.02. The van der Waals surface area contributed by atoms with Gasteiger partial charge >= 0.3 is 0 Å². The molecule has 0 amide bonds. The van der Waals surface area contributed by atoms with Crippen LogP contribution in [0.3, 0.4) is 0 Å². The van der Waals surface area contributed by atoms with E-state index in [1.807, 2.05) is 0 Å². The Morgan fingerprint density at radius 1 is 1.17 bits per heavy atom. The fourth-order valence-corrected chi connectivity index (χ4v) is 1.35. The lowest BCUT2D eigenvalue weighted by Gasteiger charge is -2.03. The van der Waals surface area contributed by atoms with E-state index in [2.05, 4.69) is 44.8 Å². The SMILES string of the molecule is CC(C)Cc1ccc(C(C)C)[nH]1. The topological polar surface area (TPSA) is 15.8 Å². The summed E-state index contributed by atoms with van der Waals surface area (Å²) in [5.41, 5.74) is 2.72. The van der Waals surface area contributed by atoms with Crippen LogP contribution in [0.2, 0.25) is 0 Å². The Morgan fingerprint density at radius 2 is 1.83 bits per heavy atom. The van der Waals surface area contributed by atoms with E-state index in [9.17, 15) is 0 Å². The zero-order chi connectivity index (χ0) is 9.14. The van der Waals surface area contributed by atoms with Crippen molar-refractivity contribution in [3.05, 3.63) is 23.5 Å². The monoisotopic (exact) mass is 165 g/mol. The number of aromatic nitrogens is 1. The summed E-state index contributed by atoms with van der Waals surface area (Å²) in [5.74, 6) is 1.36. The van der Waals surface area contributed by atoms with Crippen molar-refractivity contribution in [2.75, 3.05) is 0 Å². The first-order chi connectivity index (χ1) is 5.59. The van der Waals surface area contributed by atoms with Crippen LogP contribution in [0.1, 0.15) is 45.0 Å². The molecule has 0 aliphatic heterocycles. The highest BCUT2D eigenvalue weighted by molar-refractivity contribution is 5.15. The van der Waals surface area contributed by atoms with E-state index in [4.69, 9.17) is 0 Å². The normalized spacial score (nSPS) is 11.5. The van der Waals surface area contributed by atoms with Gasteiger partial charge in [0, 0.05) is 11.4 Å². The van der Waals surface area contributed by atoms with E-state index in [0.717, 1.165) is 12.3 Å². The Labute approximate surface area is 75.2 Å². The number of aromatic amines is 1. The summed E-state index contributed by atoms with van der Waals surface area (Å²) in [4.78, 5) is 3.44. The predicted octanol–water partition coefficient (Wildman–Crippen LogP) is 3.34. The van der Waals surface area contributed by atoms with Crippen LogP contribution in [0, 0.1) is 5.92 Å². The first kappa shape index (κ1) is 9.37. The second kappa shape index (κ2) is 3.79. The lowest BCUT2D eigenvalue weighted by Crippen LogP contribution is -1.95. The number of hydrogen-bond acceptors (Lipinski definition) is 0. The van der Waals surface area contributed by atoms with Gasteiger partial charge in [0.25, 0.3) is 0 Å². The van der Waals surface area contributed by atoms with Crippen LogP contribution in [-0.4, -0.2) is 4.98 Å². The van der Waals surface area contributed by atoms with Gasteiger partial charge in [0.1, 0.15) is 0 Å². The molecule has 0 aliphatic rings. The van der Waals surface area contributed by atoms with E-state index in [0.29, 0.717) is 5.92 Å². The molecule has 0 unspecified atom stereocenters. The van der Waals surface area contributed by atoms with Crippen molar-refractivity contribution in [2.45, 2.75) is 40.0 Å². The molecule has 1 aromatic heterocycles. The van der Waals surface area contributed by atoms with Gasteiger partial charge in [-0.1, -0.05) is 27.7 Å². The highest BCUT2D eigenvalue weighted by Gasteiger charge is 2.03. The lowest BCUT2D eigenvalue weighted by atomic mass is 10.1. The Hall–Kier alpha value is -0.720. The van der Waals surface area contributed by atoms with E-state index in [1.54, 1.807) is 0 Å². The summed E-state index contributed by atoms with van der Waals surface area (Å²) in [5, 5.41) is 0. The Morgan fingerprint density at radius 3 is 2.25 bits per heavy atom. The minimum Gasteiger partial charge on any atom is -0.362 e. The highest BCUT2D eigenvalue weighted by Crippen LogP contribution is 2.15. The molecular formula is C11H19N. The van der Waals surface area contributed by atoms with Crippen molar-refractivity contribution < 1.29 is 0 Å². The molecule has 1 rings (SSSR count). The summed E-state index contributed by atoms with van der Waals surface area (Å²) >= 11 is 0. The smallest absolute Gasteiger partial charge is 0.0175 e. The minimum atomic E-state index is 0.617. The van der Waals surface area contributed by atoms with Crippen molar-refractivity contribution in [1.29, 1.82) is 0 Å². The van der Waals surface area contributed by atoms with E-state index in [1.165, 1.54) is 11.4 Å².